The van der Waals surface area contributed by atoms with Gasteiger partial charge in [0.1, 0.15) is 5.75 Å². The maximum atomic E-state index is 10.9. The molecule has 0 radical (unpaired) electrons. The van der Waals surface area contributed by atoms with Gasteiger partial charge in [-0.1, -0.05) is 6.07 Å². The van der Waals surface area contributed by atoms with Gasteiger partial charge in [0.05, 0.1) is 13.0 Å². The number of rotatable bonds is 4. The zero-order chi connectivity index (χ0) is 11.5. The van der Waals surface area contributed by atoms with Crippen molar-refractivity contribution in [1.29, 1.82) is 0 Å². The van der Waals surface area contributed by atoms with E-state index in [1.807, 2.05) is 24.3 Å². The van der Waals surface area contributed by atoms with Crippen molar-refractivity contribution < 1.29 is 14.6 Å². The molecule has 86 valence electrons. The molecule has 1 aromatic carbocycles. The fourth-order valence-electron chi connectivity index (χ4n) is 1.74. The molecule has 4 heteroatoms. The van der Waals surface area contributed by atoms with Crippen molar-refractivity contribution >= 4 is 17.7 Å². The number of methoxy groups -OCH3 is 1. The predicted octanol–water partition coefficient (Wildman–Crippen LogP) is 2.65. The molecule has 1 saturated carbocycles. The van der Waals surface area contributed by atoms with Gasteiger partial charge < -0.3 is 9.84 Å². The molecular formula is C12H14O3S. The average molecular weight is 238 g/mol. The first-order valence-electron chi connectivity index (χ1n) is 5.24. The van der Waals surface area contributed by atoms with Crippen molar-refractivity contribution in [2.45, 2.75) is 23.0 Å². The highest BCUT2D eigenvalue weighted by Crippen LogP contribution is 2.41. The molecule has 0 aromatic heterocycles. The van der Waals surface area contributed by atoms with Gasteiger partial charge in [0, 0.05) is 10.1 Å². The third-order valence-electron chi connectivity index (χ3n) is 2.86. The number of aliphatic carboxylic acids is 1. The minimum atomic E-state index is -0.674. The van der Waals surface area contributed by atoms with Crippen LogP contribution in [0.15, 0.2) is 29.2 Å². The lowest BCUT2D eigenvalue weighted by atomic mass is 9.85. The zero-order valence-corrected chi connectivity index (χ0v) is 9.87. The normalized spacial score (nSPS) is 23.6. The molecule has 0 heterocycles. The lowest BCUT2D eigenvalue weighted by Crippen LogP contribution is -2.35. The van der Waals surface area contributed by atoms with Crippen molar-refractivity contribution in [1.82, 2.24) is 0 Å². The van der Waals surface area contributed by atoms with E-state index in [2.05, 4.69) is 0 Å². The lowest BCUT2D eigenvalue weighted by molar-refractivity contribution is -0.144. The first-order valence-corrected chi connectivity index (χ1v) is 6.12. The third-order valence-corrected chi connectivity index (χ3v) is 4.25. The highest BCUT2D eigenvalue weighted by atomic mass is 32.2. The molecule has 0 amide bonds. The maximum Gasteiger partial charge on any atom is 0.307 e. The van der Waals surface area contributed by atoms with E-state index in [0.29, 0.717) is 0 Å². The summed E-state index contributed by atoms with van der Waals surface area (Å²) in [4.78, 5) is 11.9. The number of carboxylic acid groups (broad SMARTS) is 1. The Labute approximate surface area is 98.8 Å². The summed E-state index contributed by atoms with van der Waals surface area (Å²) in [5.41, 5.74) is 0. The van der Waals surface area contributed by atoms with E-state index in [4.69, 9.17) is 9.84 Å². The minimum absolute atomic E-state index is 0.184. The number of carboxylic acids is 1. The van der Waals surface area contributed by atoms with E-state index < -0.39 is 5.97 Å². The number of benzene rings is 1. The molecule has 16 heavy (non-hydrogen) atoms. The van der Waals surface area contributed by atoms with E-state index in [0.717, 1.165) is 23.5 Å². The van der Waals surface area contributed by atoms with E-state index in [-0.39, 0.29) is 11.2 Å². The molecule has 1 aromatic rings. The van der Waals surface area contributed by atoms with Gasteiger partial charge in [-0.15, -0.1) is 11.8 Å². The van der Waals surface area contributed by atoms with Crippen LogP contribution in [0.1, 0.15) is 12.8 Å². The van der Waals surface area contributed by atoms with Gasteiger partial charge in [0.15, 0.2) is 0 Å². The Hall–Kier alpha value is -1.16. The largest absolute Gasteiger partial charge is 0.497 e. The quantitative estimate of drug-likeness (QED) is 0.876. The Bertz CT molecular complexity index is 392. The van der Waals surface area contributed by atoms with Gasteiger partial charge in [-0.3, -0.25) is 4.79 Å². The molecule has 0 bridgehead atoms. The molecular weight excluding hydrogens is 224 g/mol. The summed E-state index contributed by atoms with van der Waals surface area (Å²) < 4.78 is 5.13. The van der Waals surface area contributed by atoms with Crippen molar-refractivity contribution in [3.8, 4) is 5.75 Å². The number of hydrogen-bond donors (Lipinski definition) is 1. The van der Waals surface area contributed by atoms with Gasteiger partial charge in [-0.05, 0) is 31.0 Å². The number of carbonyl (C=O) groups is 1. The smallest absolute Gasteiger partial charge is 0.307 e. The topological polar surface area (TPSA) is 46.5 Å². The average Bonchev–Trinajstić information content (AvgIpc) is 2.24. The van der Waals surface area contributed by atoms with Crippen LogP contribution in [0.5, 0.6) is 5.75 Å². The summed E-state index contributed by atoms with van der Waals surface area (Å²) in [7, 11) is 1.63. The van der Waals surface area contributed by atoms with E-state index >= 15 is 0 Å². The monoisotopic (exact) mass is 238 g/mol. The van der Waals surface area contributed by atoms with Crippen molar-refractivity contribution in [2.75, 3.05) is 7.11 Å². The predicted molar refractivity (Wildman–Crippen MR) is 63.0 cm³/mol. The fraction of sp³-hybridized carbons (Fsp3) is 0.417. The van der Waals surface area contributed by atoms with E-state index in [1.165, 1.54) is 0 Å². The molecule has 0 spiro atoms. The van der Waals surface area contributed by atoms with Crippen molar-refractivity contribution in [3.05, 3.63) is 24.3 Å². The van der Waals surface area contributed by atoms with Crippen LogP contribution >= 0.6 is 11.8 Å². The van der Waals surface area contributed by atoms with Crippen LogP contribution in [0.4, 0.5) is 0 Å². The van der Waals surface area contributed by atoms with Gasteiger partial charge in [0.25, 0.3) is 0 Å². The maximum absolute atomic E-state index is 10.9. The highest BCUT2D eigenvalue weighted by Gasteiger charge is 2.37. The number of thioether (sulfide) groups is 1. The van der Waals surface area contributed by atoms with Crippen LogP contribution in [0.3, 0.4) is 0 Å². The lowest BCUT2D eigenvalue weighted by Gasteiger charge is -2.32. The molecule has 2 atom stereocenters. The zero-order valence-electron chi connectivity index (χ0n) is 9.05. The Kier molecular flexibility index (Phi) is 3.39. The Morgan fingerprint density at radius 1 is 1.50 bits per heavy atom. The van der Waals surface area contributed by atoms with Crippen LogP contribution in [0.25, 0.3) is 0 Å². The van der Waals surface area contributed by atoms with Gasteiger partial charge in [-0.25, -0.2) is 0 Å². The molecule has 1 N–H and O–H groups in total. The second kappa shape index (κ2) is 4.78. The molecule has 2 rings (SSSR count). The minimum Gasteiger partial charge on any atom is -0.497 e. The number of hydrogen-bond acceptors (Lipinski definition) is 3. The van der Waals surface area contributed by atoms with Crippen LogP contribution in [-0.4, -0.2) is 23.4 Å². The summed E-state index contributed by atoms with van der Waals surface area (Å²) >= 11 is 1.64. The van der Waals surface area contributed by atoms with Crippen molar-refractivity contribution in [2.24, 2.45) is 5.92 Å². The summed E-state index contributed by atoms with van der Waals surface area (Å²) in [5.74, 6) is -0.0426. The standard InChI is InChI=1S/C12H14O3S/c1-15-8-3-2-4-9(7-8)16-11-6-5-10(11)12(13)14/h2-4,7,10-11H,5-6H2,1H3,(H,13,14). The molecule has 1 fully saturated rings. The van der Waals surface area contributed by atoms with E-state index in [9.17, 15) is 4.79 Å². The van der Waals surface area contributed by atoms with Gasteiger partial charge >= 0.3 is 5.97 Å². The number of ether oxygens (including phenoxy) is 1. The first-order chi connectivity index (χ1) is 7.70. The van der Waals surface area contributed by atoms with Crippen LogP contribution in [-0.2, 0) is 4.79 Å². The fourth-order valence-corrected chi connectivity index (χ4v) is 3.10. The summed E-state index contributed by atoms with van der Waals surface area (Å²) in [5, 5.41) is 9.16. The molecule has 1 aliphatic rings. The molecule has 1 aliphatic carbocycles. The van der Waals surface area contributed by atoms with Crippen LogP contribution < -0.4 is 4.74 Å². The van der Waals surface area contributed by atoms with Gasteiger partial charge in [-0.2, -0.15) is 0 Å². The van der Waals surface area contributed by atoms with Crippen molar-refractivity contribution in [3.63, 3.8) is 0 Å². The van der Waals surface area contributed by atoms with Gasteiger partial charge in [0.2, 0.25) is 0 Å². The van der Waals surface area contributed by atoms with E-state index in [1.54, 1.807) is 18.9 Å². The molecule has 2 unspecified atom stereocenters. The highest BCUT2D eigenvalue weighted by molar-refractivity contribution is 8.00. The molecule has 0 saturated heterocycles. The Morgan fingerprint density at radius 3 is 2.88 bits per heavy atom. The summed E-state index contributed by atoms with van der Waals surface area (Å²) in [6.45, 7) is 0. The first kappa shape index (κ1) is 11.3. The van der Waals surface area contributed by atoms with Crippen LogP contribution in [0, 0.1) is 5.92 Å². The molecule has 0 aliphatic heterocycles. The van der Waals surface area contributed by atoms with Crippen LogP contribution in [0.2, 0.25) is 0 Å². The molecule has 3 nitrogen and oxygen atoms in total. The Balaban J connectivity index is 2.01. The summed E-state index contributed by atoms with van der Waals surface area (Å²) in [6, 6.07) is 7.75. The Morgan fingerprint density at radius 2 is 2.31 bits per heavy atom. The summed E-state index contributed by atoms with van der Waals surface area (Å²) in [6.07, 6.45) is 1.79. The second-order valence-electron chi connectivity index (χ2n) is 3.86. The third kappa shape index (κ3) is 2.32. The second-order valence-corrected chi connectivity index (χ2v) is 5.17. The SMILES string of the molecule is COc1cccc(SC2CCC2C(=O)O)c1.